The van der Waals surface area contributed by atoms with Crippen molar-refractivity contribution in [3.05, 3.63) is 249 Å². The Kier molecular flexibility index (Phi) is 9.57. The number of anilines is 3. The predicted octanol–water partition coefficient (Wildman–Crippen LogP) is 17.1. The number of rotatable bonds is 9. The van der Waals surface area contributed by atoms with E-state index in [4.69, 9.17) is 4.42 Å². The monoisotopic (exact) mass is 791 g/mol. The molecule has 11 rings (SSSR count). The van der Waals surface area contributed by atoms with Crippen molar-refractivity contribution in [3.8, 4) is 66.8 Å². The summed E-state index contributed by atoms with van der Waals surface area (Å²) in [7, 11) is 0. The average molecular weight is 792 g/mol. The van der Waals surface area contributed by atoms with Gasteiger partial charge in [-0.05, 0) is 116 Å². The van der Waals surface area contributed by atoms with Gasteiger partial charge in [0.05, 0.1) is 0 Å². The van der Waals surface area contributed by atoms with Crippen LogP contribution < -0.4 is 4.90 Å². The van der Waals surface area contributed by atoms with E-state index in [1.54, 1.807) is 0 Å². The Hall–Kier alpha value is -8.20. The van der Waals surface area contributed by atoms with E-state index < -0.39 is 0 Å². The molecular formula is C60H41NO. The first-order valence-electron chi connectivity index (χ1n) is 21.2. The molecular weight excluding hydrogens is 751 g/mol. The Labute approximate surface area is 362 Å². The van der Waals surface area contributed by atoms with Crippen molar-refractivity contribution in [2.75, 3.05) is 4.90 Å². The van der Waals surface area contributed by atoms with Crippen LogP contribution in [-0.2, 0) is 0 Å². The number of furan rings is 1. The summed E-state index contributed by atoms with van der Waals surface area (Å²) < 4.78 is 6.39. The highest BCUT2D eigenvalue weighted by Gasteiger charge is 2.16. The Morgan fingerprint density at radius 2 is 0.629 bits per heavy atom. The summed E-state index contributed by atoms with van der Waals surface area (Å²) in [4.78, 5) is 2.36. The maximum absolute atomic E-state index is 6.39. The molecule has 62 heavy (non-hydrogen) atoms. The second-order valence-corrected chi connectivity index (χ2v) is 15.7. The number of hydrogen-bond acceptors (Lipinski definition) is 2. The predicted molar refractivity (Wildman–Crippen MR) is 261 cm³/mol. The topological polar surface area (TPSA) is 16.4 Å². The van der Waals surface area contributed by atoms with E-state index in [0.717, 1.165) is 61.3 Å². The molecule has 2 nitrogen and oxygen atoms in total. The van der Waals surface area contributed by atoms with Crippen molar-refractivity contribution in [2.45, 2.75) is 0 Å². The standard InChI is InChI=1S/C60H41NO/c1-3-13-42(14-4-1)48-17-9-19-50(39-48)45-31-35-53(36-32-45)61(54-37-33-46(34-38-54)51-20-10-18-49(40-51)43-15-5-2-6-16-43)55-22-11-21-52(41-55)44-27-29-47(30-28-44)56-24-12-25-58-57-23-7-8-26-59(57)62-60(56)58/h1-41H. The molecule has 0 radical (unpaired) electrons. The molecule has 0 aliphatic rings. The molecule has 0 unspecified atom stereocenters. The van der Waals surface area contributed by atoms with Gasteiger partial charge in [-0.15, -0.1) is 0 Å². The van der Waals surface area contributed by atoms with E-state index in [9.17, 15) is 0 Å². The molecule has 0 aliphatic heterocycles. The summed E-state index contributed by atoms with van der Waals surface area (Å²) >= 11 is 0. The first-order valence-corrected chi connectivity index (χ1v) is 21.2. The third-order valence-electron chi connectivity index (χ3n) is 11.9. The van der Waals surface area contributed by atoms with Crippen LogP contribution in [0.1, 0.15) is 0 Å². The summed E-state index contributed by atoms with van der Waals surface area (Å²) in [5, 5.41) is 2.28. The fourth-order valence-corrected chi connectivity index (χ4v) is 8.71. The van der Waals surface area contributed by atoms with Gasteiger partial charge in [0.1, 0.15) is 11.2 Å². The first-order chi connectivity index (χ1) is 30.7. The normalized spacial score (nSPS) is 11.2. The molecule has 1 aromatic heterocycles. The van der Waals surface area contributed by atoms with Gasteiger partial charge in [0.2, 0.25) is 0 Å². The zero-order valence-electron chi connectivity index (χ0n) is 34.0. The van der Waals surface area contributed by atoms with Crippen molar-refractivity contribution in [3.63, 3.8) is 0 Å². The van der Waals surface area contributed by atoms with E-state index in [2.05, 4.69) is 241 Å². The number of nitrogens with zero attached hydrogens (tertiary/aromatic N) is 1. The number of fused-ring (bicyclic) bond motifs is 3. The van der Waals surface area contributed by atoms with Crippen LogP contribution in [0.2, 0.25) is 0 Å². The second kappa shape index (κ2) is 16.1. The second-order valence-electron chi connectivity index (χ2n) is 15.7. The minimum absolute atomic E-state index is 0.909. The summed E-state index contributed by atoms with van der Waals surface area (Å²) in [5.41, 5.74) is 19.1. The zero-order valence-corrected chi connectivity index (χ0v) is 34.0. The highest BCUT2D eigenvalue weighted by Crippen LogP contribution is 2.40. The largest absolute Gasteiger partial charge is 0.455 e. The maximum Gasteiger partial charge on any atom is 0.143 e. The third-order valence-corrected chi connectivity index (χ3v) is 11.9. The summed E-state index contributed by atoms with van der Waals surface area (Å²) in [5.74, 6) is 0. The van der Waals surface area contributed by atoms with E-state index in [1.807, 2.05) is 12.1 Å². The van der Waals surface area contributed by atoms with Crippen LogP contribution in [-0.4, -0.2) is 0 Å². The van der Waals surface area contributed by atoms with E-state index >= 15 is 0 Å². The lowest BCUT2D eigenvalue weighted by Gasteiger charge is -2.26. The average Bonchev–Trinajstić information content (AvgIpc) is 3.75. The molecule has 292 valence electrons. The van der Waals surface area contributed by atoms with E-state index in [-0.39, 0.29) is 0 Å². The maximum atomic E-state index is 6.39. The van der Waals surface area contributed by atoms with Crippen LogP contribution in [0.5, 0.6) is 0 Å². The fourth-order valence-electron chi connectivity index (χ4n) is 8.71. The molecule has 1 heterocycles. The van der Waals surface area contributed by atoms with Gasteiger partial charge in [0, 0.05) is 33.4 Å². The zero-order chi connectivity index (χ0) is 41.2. The fraction of sp³-hybridized carbons (Fsp3) is 0. The van der Waals surface area contributed by atoms with Crippen molar-refractivity contribution in [1.29, 1.82) is 0 Å². The highest BCUT2D eigenvalue weighted by atomic mass is 16.3. The van der Waals surface area contributed by atoms with Crippen molar-refractivity contribution in [1.82, 2.24) is 0 Å². The molecule has 0 fully saturated rings. The van der Waals surface area contributed by atoms with Crippen molar-refractivity contribution < 1.29 is 4.42 Å². The molecule has 0 spiro atoms. The Bertz CT molecular complexity index is 3180. The molecule has 10 aromatic carbocycles. The minimum atomic E-state index is 0.909. The van der Waals surface area contributed by atoms with Crippen LogP contribution in [0.3, 0.4) is 0 Å². The number of hydrogen-bond donors (Lipinski definition) is 0. The van der Waals surface area contributed by atoms with Gasteiger partial charge in [0.25, 0.3) is 0 Å². The number of para-hydroxylation sites is 2. The SMILES string of the molecule is c1ccc(-c2cccc(-c3ccc(N(c4ccc(-c5cccc(-c6ccccc6)c5)cc4)c4cccc(-c5ccc(-c6cccc7c6oc6ccccc67)cc5)c4)cc3)c2)cc1. The molecule has 0 amide bonds. The van der Waals surface area contributed by atoms with Gasteiger partial charge in [-0.3, -0.25) is 0 Å². The molecule has 2 heteroatoms. The van der Waals surface area contributed by atoms with Crippen molar-refractivity contribution >= 4 is 39.0 Å². The molecule has 11 aromatic rings. The van der Waals surface area contributed by atoms with Crippen molar-refractivity contribution in [2.24, 2.45) is 0 Å². The van der Waals surface area contributed by atoms with Crippen LogP contribution in [0.25, 0.3) is 88.7 Å². The Balaban J connectivity index is 0.947. The highest BCUT2D eigenvalue weighted by molar-refractivity contribution is 6.09. The molecule has 0 atom stereocenters. The van der Waals surface area contributed by atoms with Gasteiger partial charge >= 0.3 is 0 Å². The lowest BCUT2D eigenvalue weighted by Crippen LogP contribution is -2.10. The van der Waals surface area contributed by atoms with Crippen LogP contribution in [0, 0.1) is 0 Å². The van der Waals surface area contributed by atoms with Gasteiger partial charge in [-0.1, -0.05) is 194 Å². The quantitative estimate of drug-likeness (QED) is 0.145. The van der Waals surface area contributed by atoms with Gasteiger partial charge in [0.15, 0.2) is 0 Å². The Morgan fingerprint density at radius 1 is 0.242 bits per heavy atom. The molecule has 0 aliphatic carbocycles. The van der Waals surface area contributed by atoms with Crippen LogP contribution in [0.4, 0.5) is 17.1 Å². The first kappa shape index (κ1) is 36.8. The lowest BCUT2D eigenvalue weighted by molar-refractivity contribution is 0.670. The summed E-state index contributed by atoms with van der Waals surface area (Å²) in [6.45, 7) is 0. The smallest absolute Gasteiger partial charge is 0.143 e. The molecule has 0 bridgehead atoms. The van der Waals surface area contributed by atoms with Gasteiger partial charge in [-0.25, -0.2) is 0 Å². The van der Waals surface area contributed by atoms with Gasteiger partial charge in [-0.2, -0.15) is 0 Å². The molecule has 0 N–H and O–H groups in total. The number of benzene rings is 10. The summed E-state index contributed by atoms with van der Waals surface area (Å²) in [6.07, 6.45) is 0. The van der Waals surface area contributed by atoms with E-state index in [0.29, 0.717) is 0 Å². The molecule has 0 saturated carbocycles. The Morgan fingerprint density at radius 3 is 1.18 bits per heavy atom. The van der Waals surface area contributed by atoms with Crippen LogP contribution >= 0.6 is 0 Å². The lowest BCUT2D eigenvalue weighted by atomic mass is 9.97. The van der Waals surface area contributed by atoms with E-state index in [1.165, 1.54) is 44.5 Å². The van der Waals surface area contributed by atoms with Crippen LogP contribution in [0.15, 0.2) is 253 Å². The molecule has 0 saturated heterocycles. The minimum Gasteiger partial charge on any atom is -0.455 e. The van der Waals surface area contributed by atoms with Gasteiger partial charge < -0.3 is 9.32 Å². The third kappa shape index (κ3) is 7.14. The summed E-state index contributed by atoms with van der Waals surface area (Å²) in [6, 6.07) is 89.0.